The number of halogens is 3. The summed E-state index contributed by atoms with van der Waals surface area (Å²) >= 11 is 8.62. The van der Waals surface area contributed by atoms with E-state index in [-0.39, 0.29) is 75.3 Å². The third-order valence-electron chi connectivity index (χ3n) is 19.2. The first-order chi connectivity index (χ1) is 32.2. The third-order valence-corrected chi connectivity index (χ3v) is 20.9. The number of carbonyl (C=O) groups excluding carboxylic acids is 4. The molecule has 1 aromatic heterocycles. The van der Waals surface area contributed by atoms with E-state index < -0.39 is 81.4 Å². The van der Waals surface area contributed by atoms with Gasteiger partial charge in [0.05, 0.1) is 33.4 Å². The fourth-order valence-corrected chi connectivity index (χ4v) is 16.1. The summed E-state index contributed by atoms with van der Waals surface area (Å²) in [5.41, 5.74) is 2.90. The van der Waals surface area contributed by atoms with Gasteiger partial charge in [-0.25, -0.2) is 18.4 Å². The first kappa shape index (κ1) is 48.1. The molecule has 0 radical (unpaired) electrons. The highest BCUT2D eigenvalue weighted by atomic mass is 35.5. The number of hydrogen-bond donors (Lipinski definition) is 1. The van der Waals surface area contributed by atoms with E-state index in [0.29, 0.717) is 43.3 Å². The average Bonchev–Trinajstić information content (AvgIpc) is 4.16. The zero-order valence-electron chi connectivity index (χ0n) is 40.2. The summed E-state index contributed by atoms with van der Waals surface area (Å²) in [6.45, 7) is 14.7. The van der Waals surface area contributed by atoms with E-state index in [9.17, 15) is 28.4 Å². The van der Waals surface area contributed by atoms with E-state index in [0.717, 1.165) is 44.6 Å². The number of Topliss-reactive ketones (excluding diaryl/α,β-unsaturated/α-hetero) is 1. The van der Waals surface area contributed by atoms with Crippen LogP contribution in [0.15, 0.2) is 29.7 Å². The number of rotatable bonds is 11. The van der Waals surface area contributed by atoms with E-state index in [4.69, 9.17) is 31.5 Å². The van der Waals surface area contributed by atoms with Crippen molar-refractivity contribution in [2.75, 3.05) is 30.8 Å². The minimum atomic E-state index is -1.53. The normalized spacial score (nSPS) is 39.5. The van der Waals surface area contributed by atoms with E-state index in [1.54, 1.807) is 22.7 Å². The Balaban J connectivity index is 0.909. The Hall–Kier alpha value is -3.53. The highest BCUT2D eigenvalue weighted by Gasteiger charge is 2.69. The highest BCUT2D eigenvalue weighted by molar-refractivity contribution is 8.00. The Morgan fingerprint density at radius 2 is 1.75 bits per heavy atom. The lowest BCUT2D eigenvalue weighted by molar-refractivity contribution is -0.215. The minimum Gasteiger partial charge on any atom is -0.461 e. The van der Waals surface area contributed by atoms with Crippen molar-refractivity contribution in [3.63, 3.8) is 0 Å². The fourth-order valence-electron chi connectivity index (χ4n) is 14.5. The van der Waals surface area contributed by atoms with Crippen LogP contribution in [0.2, 0.25) is 5.02 Å². The maximum Gasteiger partial charge on any atom is 0.347 e. The lowest BCUT2D eigenvalue weighted by Crippen LogP contribution is -2.63. The molecular formula is C52H67ClF2N4O8S. The molecule has 2 N–H and O–H groups in total. The molecule has 4 bridgehead atoms. The second-order valence-electron chi connectivity index (χ2n) is 22.8. The molecule has 0 amide bonds. The van der Waals surface area contributed by atoms with Gasteiger partial charge in [0.15, 0.2) is 6.10 Å². The highest BCUT2D eigenvalue weighted by Crippen LogP contribution is 2.68. The number of carbonyl (C=O) groups is 4. The van der Waals surface area contributed by atoms with Gasteiger partial charge in [-0.2, -0.15) is 0 Å². The van der Waals surface area contributed by atoms with Gasteiger partial charge in [-0.15, -0.1) is 18.3 Å². The zero-order chi connectivity index (χ0) is 48.6. The first-order valence-corrected chi connectivity index (χ1v) is 26.4. The minimum absolute atomic E-state index is 0.0567. The molecule has 8 aliphatic rings. The van der Waals surface area contributed by atoms with E-state index in [1.165, 1.54) is 30.5 Å². The van der Waals surface area contributed by atoms with E-state index >= 15 is 4.39 Å². The second-order valence-corrected chi connectivity index (χ2v) is 24.5. The number of ketones is 1. The molecule has 68 heavy (non-hydrogen) atoms. The molecule has 370 valence electrons. The molecule has 1 aromatic carbocycles. The third kappa shape index (κ3) is 7.58. The number of benzene rings is 1. The van der Waals surface area contributed by atoms with Gasteiger partial charge in [-0.1, -0.05) is 45.4 Å². The van der Waals surface area contributed by atoms with Crippen LogP contribution < -0.4 is 16.1 Å². The van der Waals surface area contributed by atoms with Crippen LogP contribution in [0.25, 0.3) is 10.9 Å². The number of thioether (sulfide) groups is 1. The summed E-state index contributed by atoms with van der Waals surface area (Å²) < 4.78 is 51.2. The van der Waals surface area contributed by atoms with Crippen molar-refractivity contribution >= 4 is 63.6 Å². The molecule has 7 unspecified atom stereocenters. The molecular weight excluding hydrogens is 914 g/mol. The standard InChI is InChI=1S/C52H67ClF2N4O8S/c1-8-49(5)21-39(66-40(61)24-68-31-17-29-9-10-30(18-31)57(29)7)50(6)26(2)11-13-52(14-12-37(60)45(50)52)27(3)46(49)67-47(63)28(4)65-48(64)33-22-59(36-20-34(36)54)42-32(44(33)62)19-35(55)43(41(42)53)58-23-38(56)51(25-58)15-16-51/h8,19,22,26-31,34,36,38-39,45-46H,1,9-18,20-21,23-25,56H2,2-7H3/t26?,27-,28?,29?,30?,31?,34+,36?,38-,39+,45?,46-,49+,50-,52?/m1/s1. The van der Waals surface area contributed by atoms with E-state index in [2.05, 4.69) is 32.4 Å². The number of nitrogens with zero attached hydrogens (tertiary/aromatic N) is 3. The maximum atomic E-state index is 16.1. The Bertz CT molecular complexity index is 2510. The van der Waals surface area contributed by atoms with Crippen molar-refractivity contribution in [1.29, 1.82) is 0 Å². The molecule has 12 nitrogen and oxygen atoms in total. The van der Waals surface area contributed by atoms with Gasteiger partial charge >= 0.3 is 17.9 Å². The van der Waals surface area contributed by atoms with Crippen LogP contribution in [0, 0.1) is 45.2 Å². The van der Waals surface area contributed by atoms with Gasteiger partial charge in [0.25, 0.3) is 0 Å². The number of pyridine rings is 1. The van der Waals surface area contributed by atoms with Crippen LogP contribution >= 0.6 is 23.4 Å². The summed E-state index contributed by atoms with van der Waals surface area (Å²) in [5.74, 6) is -3.54. The SMILES string of the molecule is C=C[C@@]1(C)C[C@H](OC(=O)CSC2CC3CCC(C2)N3C)[C@@]2(C)C(C)CCC3(CCC(=O)C32)[C@H](C)[C@H]1OC(=O)C(C)OC(=O)c1cn(C2C[C@@H]2F)c2c(Cl)c(N3C[C@@H](N)C4(CC4)C3)c(F)cc2c1=O. The van der Waals surface area contributed by atoms with Crippen molar-refractivity contribution in [2.45, 2.75) is 166 Å². The number of ether oxygens (including phenoxy) is 3. The summed E-state index contributed by atoms with van der Waals surface area (Å²) in [4.78, 5) is 75.2. The van der Waals surface area contributed by atoms with E-state index in [1.807, 2.05) is 13.8 Å². The van der Waals surface area contributed by atoms with Crippen LogP contribution in [0.3, 0.4) is 0 Å². The monoisotopic (exact) mass is 980 g/mol. The molecule has 1 spiro atoms. The van der Waals surface area contributed by atoms with Crippen molar-refractivity contribution < 1.29 is 42.2 Å². The van der Waals surface area contributed by atoms with Crippen LogP contribution in [-0.2, 0) is 28.6 Å². The molecule has 2 aromatic rings. The number of anilines is 1. The number of aromatic nitrogens is 1. The summed E-state index contributed by atoms with van der Waals surface area (Å²) in [6.07, 6.45) is 7.68. The smallest absolute Gasteiger partial charge is 0.347 e. The summed E-state index contributed by atoms with van der Waals surface area (Å²) in [7, 11) is 2.20. The van der Waals surface area contributed by atoms with Gasteiger partial charge < -0.3 is 34.3 Å². The molecule has 16 heteroatoms. The Morgan fingerprint density at radius 1 is 1.06 bits per heavy atom. The van der Waals surface area contributed by atoms with Gasteiger partial charge in [-0.3, -0.25) is 14.4 Å². The van der Waals surface area contributed by atoms with Crippen molar-refractivity contribution in [1.82, 2.24) is 9.47 Å². The molecule has 5 aliphatic carbocycles. The molecule has 4 heterocycles. The lowest BCUT2D eigenvalue weighted by atomic mass is 9.44. The first-order valence-electron chi connectivity index (χ1n) is 25.0. The van der Waals surface area contributed by atoms with Crippen LogP contribution in [0.4, 0.5) is 14.5 Å². The van der Waals surface area contributed by atoms with Gasteiger partial charge in [0.2, 0.25) is 5.43 Å². The number of esters is 3. The molecule has 8 fully saturated rings. The number of piperidine rings is 1. The fraction of sp³-hybridized carbons (Fsp3) is 0.712. The summed E-state index contributed by atoms with van der Waals surface area (Å²) in [5, 5.41) is 0.0876. The van der Waals surface area contributed by atoms with Crippen molar-refractivity contribution in [2.24, 2.45) is 45.1 Å². The predicted molar refractivity (Wildman–Crippen MR) is 257 cm³/mol. The second kappa shape index (κ2) is 17.1. The molecule has 10 rings (SSSR count). The predicted octanol–water partition coefficient (Wildman–Crippen LogP) is 8.37. The molecule has 3 aliphatic heterocycles. The molecule has 5 saturated carbocycles. The maximum absolute atomic E-state index is 16.1. The summed E-state index contributed by atoms with van der Waals surface area (Å²) in [6, 6.07) is 1.19. The molecule has 14 atom stereocenters. The quantitative estimate of drug-likeness (QED) is 0.131. The zero-order valence-corrected chi connectivity index (χ0v) is 41.8. The molecule has 3 saturated heterocycles. The van der Waals surface area contributed by atoms with Gasteiger partial charge in [0, 0.05) is 83.6 Å². The van der Waals surface area contributed by atoms with Crippen LogP contribution in [0.1, 0.15) is 128 Å². The number of alkyl halides is 1. The van der Waals surface area contributed by atoms with Crippen molar-refractivity contribution in [3.8, 4) is 0 Å². The van der Waals surface area contributed by atoms with Gasteiger partial charge in [-0.05, 0) is 95.6 Å². The number of nitrogens with two attached hydrogens (primary N) is 1. The Kier molecular flexibility index (Phi) is 12.1. The number of hydrogen-bond acceptors (Lipinski definition) is 12. The van der Waals surface area contributed by atoms with Crippen molar-refractivity contribution in [3.05, 3.63) is 51.5 Å². The Morgan fingerprint density at radius 3 is 2.38 bits per heavy atom. The number of fused-ring (bicyclic) bond motifs is 3. The largest absolute Gasteiger partial charge is 0.461 e. The Labute approximate surface area is 406 Å². The van der Waals surface area contributed by atoms with Crippen LogP contribution in [0.5, 0.6) is 0 Å². The van der Waals surface area contributed by atoms with Crippen LogP contribution in [-0.4, -0.2) is 107 Å². The van der Waals surface area contributed by atoms with Gasteiger partial charge in [0.1, 0.15) is 35.5 Å². The average molecular weight is 982 g/mol. The topological polar surface area (TPSA) is 150 Å². The lowest BCUT2D eigenvalue weighted by Gasteiger charge is -2.62.